The third-order valence-corrected chi connectivity index (χ3v) is 1.13. The zero-order chi connectivity index (χ0) is 7.56. The van der Waals surface area contributed by atoms with Crippen molar-refractivity contribution < 1.29 is 369 Å². The smallest absolute Gasteiger partial charge is 0.220 e. The molecule has 11 radical (unpaired) electrons. The topological polar surface area (TPSA) is 0 Å². The number of halogens is 2. The first-order valence-corrected chi connectivity index (χ1v) is 2.88. The minimum absolute atomic E-state index is 0. The minimum Gasteiger partial charge on any atom is -0.350 e. The van der Waals surface area contributed by atoms with Gasteiger partial charge in [0, 0.05) is 360 Å². The molecule has 1 aromatic carbocycles. The fourth-order valence-corrected chi connectivity index (χ4v) is 0.592. The van der Waals surface area contributed by atoms with Gasteiger partial charge in [-0.05, 0) is 0 Å². The standard InChI is InChI=1S/C8H6F2.11Y/c1-6-2-4-7(5-3-6)8(9)10;;;;;;;;;;;/h2-3,8H,1H3;;;;;;;;;;;/q-2;;;;;;;;;;;. The quantitative estimate of drug-likeness (QED) is 0.380. The summed E-state index contributed by atoms with van der Waals surface area (Å²) in [5.41, 5.74) is 0.731. The Morgan fingerprint density at radius 2 is 0.905 bits per heavy atom. The third-order valence-electron chi connectivity index (χ3n) is 1.13. The number of rotatable bonds is 1. The van der Waals surface area contributed by atoms with Crippen molar-refractivity contribution in [3.05, 3.63) is 35.4 Å². The first-order valence-electron chi connectivity index (χ1n) is 2.88. The molecule has 0 aromatic heterocycles. The molecular weight excluding hydrogens is 1110 g/mol. The number of aryl methyl sites for hydroxylation is 1. The normalized spacial score (nSPS) is 4.95. The molecule has 0 fully saturated rings. The molecule has 87 valence electrons. The van der Waals surface area contributed by atoms with Crippen LogP contribution in [0.4, 0.5) is 8.78 Å². The van der Waals surface area contributed by atoms with Crippen molar-refractivity contribution in [3.8, 4) is 0 Å². The van der Waals surface area contributed by atoms with Gasteiger partial charge in [-0.15, -0.1) is 6.92 Å². The van der Waals surface area contributed by atoms with E-state index in [4.69, 9.17) is 0 Å². The molecule has 0 heterocycles. The van der Waals surface area contributed by atoms with Crippen LogP contribution in [0.3, 0.4) is 0 Å². The summed E-state index contributed by atoms with van der Waals surface area (Å²) in [6.45, 7) is 1.81. The monoisotopic (exact) mass is 1120 g/mol. The van der Waals surface area contributed by atoms with Crippen LogP contribution < -0.4 is 0 Å². The fraction of sp³-hybridized carbons (Fsp3) is 0.250. The first kappa shape index (κ1) is 69.7. The Hall–Kier alpha value is 11.2. The summed E-state index contributed by atoms with van der Waals surface area (Å²) in [7, 11) is 0. The Morgan fingerprint density at radius 3 is 1.10 bits per heavy atom. The number of hydrogen-bond donors (Lipinski definition) is 0. The number of hydrogen-bond acceptors (Lipinski definition) is 0. The largest absolute Gasteiger partial charge is 0.350 e. The first-order chi connectivity index (χ1) is 4.70. The number of alkyl halides is 2. The molecule has 21 heavy (non-hydrogen) atoms. The van der Waals surface area contributed by atoms with Crippen LogP contribution in [0, 0.1) is 19.1 Å². The predicted octanol–water partition coefficient (Wildman–Crippen LogP) is 2.51. The van der Waals surface area contributed by atoms with E-state index in [1.807, 2.05) is 6.92 Å². The van der Waals surface area contributed by atoms with Crippen LogP contribution in [0.2, 0.25) is 0 Å². The maximum absolute atomic E-state index is 11.8. The van der Waals surface area contributed by atoms with Gasteiger partial charge in [-0.3, -0.25) is 17.7 Å². The van der Waals surface area contributed by atoms with Crippen molar-refractivity contribution in [2.24, 2.45) is 0 Å². The van der Waals surface area contributed by atoms with E-state index in [1.165, 1.54) is 12.1 Å². The van der Waals surface area contributed by atoms with Crippen molar-refractivity contribution in [2.45, 2.75) is 13.3 Å². The molecule has 0 aliphatic heterocycles. The van der Waals surface area contributed by atoms with Gasteiger partial charge >= 0.3 is 0 Å². The van der Waals surface area contributed by atoms with Crippen LogP contribution in [0.1, 0.15) is 17.6 Å². The summed E-state index contributed by atoms with van der Waals surface area (Å²) >= 11 is 0. The van der Waals surface area contributed by atoms with Crippen LogP contribution in [0.15, 0.2) is 12.1 Å². The molecule has 0 nitrogen and oxygen atoms in total. The predicted molar refractivity (Wildman–Crippen MR) is 33.8 cm³/mol. The molecule has 0 spiro atoms. The van der Waals surface area contributed by atoms with Gasteiger partial charge in [0.1, 0.15) is 0 Å². The summed E-state index contributed by atoms with van der Waals surface area (Å²) in [6, 6.07) is 7.91. The SMILES string of the molecule is Cc1c[c-]c(C(F)F)[c-]c1.[Y].[Y].[Y].[Y].[Y].[Y].[Y].[Y].[Y].[Y].[Y]. The van der Waals surface area contributed by atoms with Crippen LogP contribution in [0.5, 0.6) is 0 Å². The molecule has 0 saturated carbocycles. The van der Waals surface area contributed by atoms with Gasteiger partial charge in [0.15, 0.2) is 0 Å². The summed E-state index contributed by atoms with van der Waals surface area (Å²) < 4.78 is 23.7. The van der Waals surface area contributed by atoms with Crippen LogP contribution >= 0.6 is 0 Å². The van der Waals surface area contributed by atoms with E-state index in [9.17, 15) is 8.78 Å². The van der Waals surface area contributed by atoms with E-state index in [-0.39, 0.29) is 365 Å². The van der Waals surface area contributed by atoms with Crippen LogP contribution in [-0.4, -0.2) is 0 Å². The van der Waals surface area contributed by atoms with Crippen LogP contribution in [0.25, 0.3) is 0 Å². The van der Waals surface area contributed by atoms with E-state index in [1.54, 1.807) is 0 Å². The van der Waals surface area contributed by atoms with Gasteiger partial charge in [-0.2, -0.15) is 0 Å². The van der Waals surface area contributed by atoms with E-state index < -0.39 is 6.43 Å². The Kier molecular flexibility index (Phi) is 161. The molecule has 0 amide bonds. The van der Waals surface area contributed by atoms with Crippen molar-refractivity contribution in [2.75, 3.05) is 0 Å². The summed E-state index contributed by atoms with van der Waals surface area (Å²) in [4.78, 5) is 0. The maximum Gasteiger partial charge on any atom is 0.220 e. The minimum atomic E-state index is -2.46. The van der Waals surface area contributed by atoms with Crippen LogP contribution in [-0.2, 0) is 360 Å². The molecule has 1 rings (SSSR count). The maximum atomic E-state index is 11.8. The van der Waals surface area contributed by atoms with Gasteiger partial charge < -0.3 is 12.1 Å². The Balaban J connectivity index is -0.0000000101. The molecule has 0 aliphatic carbocycles. The molecule has 0 saturated heterocycles. The molecule has 0 atom stereocenters. The van der Waals surface area contributed by atoms with E-state index in [2.05, 4.69) is 12.1 Å². The Bertz CT molecular complexity index is 222. The molecule has 0 bridgehead atoms. The summed E-state index contributed by atoms with van der Waals surface area (Å²) in [6.07, 6.45) is -2.46. The molecule has 0 aliphatic rings. The second kappa shape index (κ2) is 48.6. The van der Waals surface area contributed by atoms with Gasteiger partial charge in [0.25, 0.3) is 0 Å². The Labute approximate surface area is 404 Å². The van der Waals surface area contributed by atoms with Crippen molar-refractivity contribution >= 4 is 0 Å². The number of benzene rings is 1. The zero-order valence-corrected chi connectivity index (χ0v) is 43.1. The second-order valence-corrected chi connectivity index (χ2v) is 2.04. The van der Waals surface area contributed by atoms with Gasteiger partial charge in [0.05, 0.1) is 0 Å². The molecular formula is C8H6F2Y11-2. The van der Waals surface area contributed by atoms with Gasteiger partial charge in [0.2, 0.25) is 6.43 Å². The zero-order valence-electron chi connectivity index (χ0n) is 11.8. The molecule has 1 aromatic rings. The van der Waals surface area contributed by atoms with Gasteiger partial charge in [-0.1, -0.05) is 0 Å². The Morgan fingerprint density at radius 1 is 0.667 bits per heavy atom. The second-order valence-electron chi connectivity index (χ2n) is 2.04. The van der Waals surface area contributed by atoms with Crippen molar-refractivity contribution in [3.63, 3.8) is 0 Å². The fourth-order valence-electron chi connectivity index (χ4n) is 0.592. The van der Waals surface area contributed by atoms with E-state index in [0.717, 1.165) is 5.56 Å². The average molecular weight is 1120 g/mol. The molecule has 13 heteroatoms. The summed E-state index contributed by atoms with van der Waals surface area (Å²) in [5, 5.41) is 0. The van der Waals surface area contributed by atoms with Gasteiger partial charge in [-0.25, -0.2) is 14.3 Å². The summed E-state index contributed by atoms with van der Waals surface area (Å²) in [5.74, 6) is 0. The molecule has 0 unspecified atom stereocenters. The molecule has 0 N–H and O–H groups in total. The third kappa shape index (κ3) is 41.9. The average Bonchev–Trinajstić information content (AvgIpc) is 1.88. The van der Waals surface area contributed by atoms with E-state index in [0.29, 0.717) is 0 Å². The van der Waals surface area contributed by atoms with E-state index >= 15 is 0 Å². The van der Waals surface area contributed by atoms with Crippen molar-refractivity contribution in [1.82, 2.24) is 0 Å². The van der Waals surface area contributed by atoms with Crippen molar-refractivity contribution in [1.29, 1.82) is 0 Å².